The summed E-state index contributed by atoms with van der Waals surface area (Å²) < 4.78 is 6.72. The first kappa shape index (κ1) is 22.0. The van der Waals surface area contributed by atoms with Crippen molar-refractivity contribution in [3.63, 3.8) is 0 Å². The van der Waals surface area contributed by atoms with Gasteiger partial charge >= 0.3 is 152 Å². The van der Waals surface area contributed by atoms with Gasteiger partial charge in [0.05, 0.1) is 0 Å². The molecule has 0 bridgehead atoms. The van der Waals surface area contributed by atoms with Gasteiger partial charge in [-0.3, -0.25) is 0 Å². The Morgan fingerprint density at radius 2 is 0.708 bits per heavy atom. The van der Waals surface area contributed by atoms with Crippen molar-refractivity contribution in [1.29, 1.82) is 0 Å². The third-order valence-electron chi connectivity index (χ3n) is 3.73. The molecule has 4 aliphatic carbocycles. The molecule has 0 N–H and O–H groups in total. The van der Waals surface area contributed by atoms with Gasteiger partial charge in [-0.2, -0.15) is 0 Å². The van der Waals surface area contributed by atoms with Crippen LogP contribution in [-0.2, 0) is 38.3 Å². The summed E-state index contributed by atoms with van der Waals surface area (Å²) in [6, 6.07) is 0. The molecule has 24 heavy (non-hydrogen) atoms. The molecule has 0 saturated heterocycles. The van der Waals surface area contributed by atoms with Crippen LogP contribution in [0.3, 0.4) is 0 Å². The number of allylic oxidation sites excluding steroid dienone is 16. The number of halogens is 2. The Bertz CT molecular complexity index is 545. The van der Waals surface area contributed by atoms with E-state index in [4.69, 9.17) is 0 Å². The van der Waals surface area contributed by atoms with Gasteiger partial charge in [0.2, 0.25) is 0 Å². The summed E-state index contributed by atoms with van der Waals surface area (Å²) in [5, 5.41) is 0. The van der Waals surface area contributed by atoms with E-state index < -0.39 is 0 Å². The predicted octanol–water partition coefficient (Wildman–Crippen LogP) is -0.479. The molecule has 0 saturated carbocycles. The molecule has 0 radical (unpaired) electrons. The Morgan fingerprint density at radius 3 is 0.875 bits per heavy atom. The van der Waals surface area contributed by atoms with E-state index in [2.05, 4.69) is 72.9 Å². The molecule has 0 amide bonds. The van der Waals surface area contributed by atoms with Crippen LogP contribution in [-0.4, -0.2) is 0 Å². The van der Waals surface area contributed by atoms with Crippen LogP contribution in [0.1, 0.15) is 25.7 Å². The normalized spacial score (nSPS) is 18.3. The van der Waals surface area contributed by atoms with Crippen molar-refractivity contribution in [2.45, 2.75) is 25.7 Å². The monoisotopic (exact) mass is 426 g/mol. The van der Waals surface area contributed by atoms with Gasteiger partial charge in [-0.25, -0.2) is 0 Å². The fourth-order valence-corrected chi connectivity index (χ4v) is 6.36. The molecule has 0 fully saturated rings. The predicted molar refractivity (Wildman–Crippen MR) is 87.4 cm³/mol. The second-order valence-electron chi connectivity index (χ2n) is 5.55. The molecule has 0 aliphatic heterocycles. The van der Waals surface area contributed by atoms with Crippen LogP contribution in [0.4, 0.5) is 0 Å². The van der Waals surface area contributed by atoms with Crippen molar-refractivity contribution in [3.8, 4) is 0 Å². The molecule has 4 aliphatic rings. The minimum absolute atomic E-state index is 0. The van der Waals surface area contributed by atoms with Gasteiger partial charge in [-0.1, -0.05) is 0 Å². The first-order valence-corrected chi connectivity index (χ1v) is 11.0. The second kappa shape index (κ2) is 12.3. The van der Waals surface area contributed by atoms with Crippen molar-refractivity contribution in [3.05, 3.63) is 88.4 Å². The standard InChI is InChI=1S/4C5H5.2ClH.2Ti/c4*1-2-4-5-3-1;;;;/h4*1-3H,4H2;2*1H;;/q;;;;;;2*+1/p-2. The van der Waals surface area contributed by atoms with Gasteiger partial charge in [0.15, 0.2) is 0 Å². The Labute approximate surface area is 176 Å². The Hall–Kier alpha value is -0.0714. The van der Waals surface area contributed by atoms with Crippen LogP contribution in [0.15, 0.2) is 88.4 Å². The largest absolute Gasteiger partial charge is 1.00 e. The van der Waals surface area contributed by atoms with E-state index in [1.165, 1.54) is 25.7 Å². The van der Waals surface area contributed by atoms with E-state index in [-0.39, 0.29) is 63.1 Å². The Balaban J connectivity index is 0.000000222. The third kappa shape index (κ3) is 7.44. The molecular formula is C20H20Cl2Ti2. The van der Waals surface area contributed by atoms with Gasteiger partial charge in [0.25, 0.3) is 0 Å². The summed E-state index contributed by atoms with van der Waals surface area (Å²) in [6.45, 7) is 0. The van der Waals surface area contributed by atoms with Crippen LogP contribution < -0.4 is 24.8 Å². The molecule has 0 nitrogen and oxygen atoms in total. The molecular weight excluding hydrogens is 407 g/mol. The van der Waals surface area contributed by atoms with Gasteiger partial charge in [-0.05, 0) is 0 Å². The average molecular weight is 427 g/mol. The quantitative estimate of drug-likeness (QED) is 0.533. The average Bonchev–Trinajstić information content (AvgIpc) is 3.31. The summed E-state index contributed by atoms with van der Waals surface area (Å²) in [5.74, 6) is 0. The van der Waals surface area contributed by atoms with E-state index in [1.54, 1.807) is 15.5 Å². The summed E-state index contributed by atoms with van der Waals surface area (Å²) >= 11 is 0.167. The van der Waals surface area contributed by atoms with E-state index in [9.17, 15) is 0 Å². The van der Waals surface area contributed by atoms with E-state index in [0.717, 1.165) is 0 Å². The molecule has 0 atom stereocenters. The maximum atomic E-state index is 2.29. The van der Waals surface area contributed by atoms with Gasteiger partial charge < -0.3 is 24.8 Å². The zero-order valence-corrected chi connectivity index (χ0v) is 18.1. The van der Waals surface area contributed by atoms with Gasteiger partial charge in [0.1, 0.15) is 0 Å². The first-order valence-electron chi connectivity index (χ1n) is 7.87. The molecule has 0 aromatic heterocycles. The fourth-order valence-electron chi connectivity index (χ4n) is 2.57. The molecule has 0 aromatic carbocycles. The SMILES string of the molecule is C1=CC[C]([Ti+][C]2=CC=CC2)=C1.C1=CC[C]([Ti+][C]2=CC=CC2)=C1.[Cl-].[Cl-]. The molecule has 0 unspecified atom stereocenters. The van der Waals surface area contributed by atoms with E-state index in [0.29, 0.717) is 0 Å². The number of rotatable bonds is 4. The zero-order valence-electron chi connectivity index (χ0n) is 13.5. The minimum Gasteiger partial charge on any atom is -1.00 e. The molecule has 0 aromatic rings. The Morgan fingerprint density at radius 1 is 0.458 bits per heavy atom. The van der Waals surface area contributed by atoms with Crippen LogP contribution in [0, 0.1) is 0 Å². The van der Waals surface area contributed by atoms with E-state index >= 15 is 0 Å². The van der Waals surface area contributed by atoms with Gasteiger partial charge in [-0.15, -0.1) is 0 Å². The zero-order chi connectivity index (χ0) is 15.0. The van der Waals surface area contributed by atoms with Gasteiger partial charge in [0, 0.05) is 0 Å². The first-order chi connectivity index (χ1) is 10.9. The van der Waals surface area contributed by atoms with Crippen LogP contribution in [0.25, 0.3) is 0 Å². The number of hydrogen-bond acceptors (Lipinski definition) is 0. The van der Waals surface area contributed by atoms with Crippen molar-refractivity contribution < 1.29 is 63.1 Å². The topological polar surface area (TPSA) is 0 Å². The Kier molecular flexibility index (Phi) is 11.3. The third-order valence-corrected chi connectivity index (χ3v) is 8.05. The summed E-state index contributed by atoms with van der Waals surface area (Å²) in [5.41, 5.74) is 0. The van der Waals surface area contributed by atoms with Crippen molar-refractivity contribution in [2.75, 3.05) is 0 Å². The van der Waals surface area contributed by atoms with Crippen LogP contribution >= 0.6 is 0 Å². The molecule has 4 heteroatoms. The maximum Gasteiger partial charge on any atom is -1.00 e. The van der Waals surface area contributed by atoms with Crippen molar-refractivity contribution >= 4 is 0 Å². The molecule has 0 spiro atoms. The maximum absolute atomic E-state index is 2.29. The fraction of sp³-hybridized carbons (Fsp3) is 0.200. The summed E-state index contributed by atoms with van der Waals surface area (Å²) in [7, 11) is 0. The van der Waals surface area contributed by atoms with Crippen molar-refractivity contribution in [2.24, 2.45) is 0 Å². The van der Waals surface area contributed by atoms with E-state index in [1.807, 2.05) is 0 Å². The van der Waals surface area contributed by atoms with Crippen LogP contribution in [0.2, 0.25) is 0 Å². The molecule has 4 rings (SSSR count). The second-order valence-corrected chi connectivity index (χ2v) is 10.3. The summed E-state index contributed by atoms with van der Waals surface area (Å²) in [6.07, 6.45) is 31.8. The number of hydrogen-bond donors (Lipinski definition) is 0. The van der Waals surface area contributed by atoms with Crippen molar-refractivity contribution in [1.82, 2.24) is 0 Å². The smallest absolute Gasteiger partial charge is 1.00 e. The minimum atomic E-state index is 0. The summed E-state index contributed by atoms with van der Waals surface area (Å²) in [4.78, 5) is 0. The molecule has 122 valence electrons. The van der Waals surface area contributed by atoms with Crippen LogP contribution in [0.5, 0.6) is 0 Å². The molecule has 0 heterocycles.